The molecule has 0 unspecified atom stereocenters. The highest BCUT2D eigenvalue weighted by atomic mass is 32.2. The Kier molecular flexibility index (Phi) is 5.38. The van der Waals surface area contributed by atoms with Gasteiger partial charge in [0.05, 0.1) is 23.0 Å². The summed E-state index contributed by atoms with van der Waals surface area (Å²) in [5.74, 6) is -0.209. The zero-order valence-corrected chi connectivity index (χ0v) is 15.2. The summed E-state index contributed by atoms with van der Waals surface area (Å²) in [6.07, 6.45) is 2.99. The molecule has 26 heavy (non-hydrogen) atoms. The van der Waals surface area contributed by atoms with E-state index in [-0.39, 0.29) is 23.1 Å². The minimum Gasteiger partial charge on any atom is -0.342 e. The van der Waals surface area contributed by atoms with Crippen LogP contribution in [0.1, 0.15) is 19.3 Å². The fourth-order valence-corrected chi connectivity index (χ4v) is 4.28. The standard InChI is InChI=1S/C17H22N4O4S/c18-26(24,25)11-13-7-9-20(10-13)16(22)6-3-8-21-12-19-15-5-2-1-4-14(15)17(21)23/h1-2,4-5,12-13H,3,6-11H2,(H2,18,24,25)/t13-/m0/s1. The molecule has 3 rings (SSSR count). The summed E-state index contributed by atoms with van der Waals surface area (Å²) in [5, 5.41) is 5.63. The van der Waals surface area contributed by atoms with Gasteiger partial charge in [0.2, 0.25) is 15.9 Å². The second-order valence-corrected chi connectivity index (χ2v) is 8.35. The first-order valence-corrected chi connectivity index (χ1v) is 10.3. The molecule has 1 saturated heterocycles. The molecule has 2 heterocycles. The van der Waals surface area contributed by atoms with Crippen LogP contribution < -0.4 is 10.7 Å². The SMILES string of the molecule is NS(=O)(=O)C[C@H]1CCN(C(=O)CCCn2cnc3ccccc3c2=O)C1. The minimum atomic E-state index is -3.52. The molecule has 8 nitrogen and oxygen atoms in total. The maximum atomic E-state index is 12.4. The number of fused-ring (bicyclic) bond motifs is 1. The van der Waals surface area contributed by atoms with Gasteiger partial charge in [0.25, 0.3) is 5.56 Å². The highest BCUT2D eigenvalue weighted by molar-refractivity contribution is 7.89. The van der Waals surface area contributed by atoms with Crippen LogP contribution in [0.15, 0.2) is 35.4 Å². The zero-order chi connectivity index (χ0) is 18.7. The molecule has 1 aromatic carbocycles. The fourth-order valence-electron chi connectivity index (χ4n) is 3.35. The third-order valence-corrected chi connectivity index (χ3v) is 5.56. The van der Waals surface area contributed by atoms with Gasteiger partial charge in [-0.25, -0.2) is 18.5 Å². The number of carbonyl (C=O) groups is 1. The van der Waals surface area contributed by atoms with Gasteiger partial charge in [0, 0.05) is 26.1 Å². The van der Waals surface area contributed by atoms with Gasteiger partial charge >= 0.3 is 0 Å². The number of aryl methyl sites for hydroxylation is 1. The minimum absolute atomic E-state index is 0.0243. The van der Waals surface area contributed by atoms with E-state index in [1.165, 1.54) is 10.9 Å². The number of nitrogens with two attached hydrogens (primary N) is 1. The molecule has 2 aromatic rings. The Balaban J connectivity index is 1.53. The summed E-state index contributed by atoms with van der Waals surface area (Å²) >= 11 is 0. The lowest BCUT2D eigenvalue weighted by Gasteiger charge is -2.16. The van der Waals surface area contributed by atoms with Crippen molar-refractivity contribution in [1.29, 1.82) is 0 Å². The van der Waals surface area contributed by atoms with Crippen molar-refractivity contribution in [2.45, 2.75) is 25.8 Å². The number of amides is 1. The topological polar surface area (TPSA) is 115 Å². The number of sulfonamides is 1. The number of carbonyl (C=O) groups excluding carboxylic acids is 1. The molecule has 0 saturated carbocycles. The Bertz CT molecular complexity index is 970. The summed E-state index contributed by atoms with van der Waals surface area (Å²) in [4.78, 5) is 30.6. The van der Waals surface area contributed by atoms with E-state index in [0.29, 0.717) is 49.8 Å². The number of hydrogen-bond donors (Lipinski definition) is 1. The first-order chi connectivity index (χ1) is 12.3. The van der Waals surface area contributed by atoms with E-state index >= 15 is 0 Å². The molecular weight excluding hydrogens is 356 g/mol. The van der Waals surface area contributed by atoms with Crippen LogP contribution in [-0.2, 0) is 21.4 Å². The second kappa shape index (κ2) is 7.55. The highest BCUT2D eigenvalue weighted by Gasteiger charge is 2.28. The maximum Gasteiger partial charge on any atom is 0.261 e. The Hall–Kier alpha value is -2.26. The number of primary sulfonamides is 1. The van der Waals surface area contributed by atoms with Crippen molar-refractivity contribution in [2.24, 2.45) is 11.1 Å². The molecule has 1 aromatic heterocycles. The van der Waals surface area contributed by atoms with E-state index in [0.717, 1.165) is 0 Å². The molecule has 1 fully saturated rings. The molecule has 1 atom stereocenters. The van der Waals surface area contributed by atoms with Gasteiger partial charge in [-0.05, 0) is 30.9 Å². The summed E-state index contributed by atoms with van der Waals surface area (Å²) in [6.45, 7) is 1.39. The third-order valence-electron chi connectivity index (χ3n) is 4.63. The van der Waals surface area contributed by atoms with E-state index in [9.17, 15) is 18.0 Å². The predicted octanol–water partition coefficient (Wildman–Crippen LogP) is 0.314. The molecule has 1 aliphatic heterocycles. The monoisotopic (exact) mass is 378 g/mol. The highest BCUT2D eigenvalue weighted by Crippen LogP contribution is 2.18. The van der Waals surface area contributed by atoms with E-state index in [1.54, 1.807) is 23.1 Å². The third kappa shape index (κ3) is 4.47. The van der Waals surface area contributed by atoms with E-state index < -0.39 is 10.0 Å². The van der Waals surface area contributed by atoms with Gasteiger partial charge in [-0.2, -0.15) is 0 Å². The van der Waals surface area contributed by atoms with Crippen LogP contribution in [0.5, 0.6) is 0 Å². The van der Waals surface area contributed by atoms with Crippen molar-refractivity contribution in [3.63, 3.8) is 0 Å². The van der Waals surface area contributed by atoms with Crippen molar-refractivity contribution in [3.05, 3.63) is 40.9 Å². The lowest BCUT2D eigenvalue weighted by atomic mass is 10.2. The quantitative estimate of drug-likeness (QED) is 0.777. The molecule has 1 aliphatic rings. The van der Waals surface area contributed by atoms with Crippen LogP contribution in [0, 0.1) is 5.92 Å². The van der Waals surface area contributed by atoms with Crippen LogP contribution in [0.3, 0.4) is 0 Å². The smallest absolute Gasteiger partial charge is 0.261 e. The number of hydrogen-bond acceptors (Lipinski definition) is 5. The summed E-state index contributed by atoms with van der Waals surface area (Å²) in [5.41, 5.74) is 0.542. The van der Waals surface area contributed by atoms with Gasteiger partial charge in [-0.3, -0.25) is 14.2 Å². The Morgan fingerprint density at radius 1 is 1.31 bits per heavy atom. The van der Waals surface area contributed by atoms with E-state index in [2.05, 4.69) is 4.98 Å². The number of nitrogens with zero attached hydrogens (tertiary/aromatic N) is 3. The summed E-state index contributed by atoms with van der Waals surface area (Å²) in [6, 6.07) is 7.15. The molecule has 9 heteroatoms. The maximum absolute atomic E-state index is 12.4. The lowest BCUT2D eigenvalue weighted by molar-refractivity contribution is -0.130. The molecular formula is C17H22N4O4S. The number of rotatable bonds is 6. The Morgan fingerprint density at radius 2 is 2.08 bits per heavy atom. The molecule has 0 aliphatic carbocycles. The van der Waals surface area contributed by atoms with E-state index in [1.807, 2.05) is 6.07 Å². The first-order valence-electron chi connectivity index (χ1n) is 8.56. The molecule has 0 radical (unpaired) electrons. The molecule has 1 amide bonds. The van der Waals surface area contributed by atoms with Gasteiger partial charge in [0.15, 0.2) is 0 Å². The Labute approximate surface area is 151 Å². The van der Waals surface area contributed by atoms with Gasteiger partial charge in [-0.15, -0.1) is 0 Å². The van der Waals surface area contributed by atoms with Crippen LogP contribution in [-0.4, -0.2) is 47.6 Å². The second-order valence-electron chi connectivity index (χ2n) is 6.69. The molecule has 0 bridgehead atoms. The number of para-hydroxylation sites is 1. The largest absolute Gasteiger partial charge is 0.342 e. The number of likely N-dealkylation sites (tertiary alicyclic amines) is 1. The Morgan fingerprint density at radius 3 is 2.85 bits per heavy atom. The normalized spacial score (nSPS) is 17.7. The molecule has 140 valence electrons. The van der Waals surface area contributed by atoms with Gasteiger partial charge in [0.1, 0.15) is 0 Å². The van der Waals surface area contributed by atoms with Crippen LogP contribution >= 0.6 is 0 Å². The van der Waals surface area contributed by atoms with Crippen molar-refractivity contribution in [3.8, 4) is 0 Å². The van der Waals surface area contributed by atoms with Gasteiger partial charge < -0.3 is 4.90 Å². The lowest BCUT2D eigenvalue weighted by Crippen LogP contribution is -2.31. The first kappa shape index (κ1) is 18.5. The zero-order valence-electron chi connectivity index (χ0n) is 14.4. The van der Waals surface area contributed by atoms with Crippen LogP contribution in [0.4, 0.5) is 0 Å². The predicted molar refractivity (Wildman–Crippen MR) is 97.9 cm³/mol. The molecule has 0 spiro atoms. The van der Waals surface area contributed by atoms with E-state index in [4.69, 9.17) is 5.14 Å². The van der Waals surface area contributed by atoms with Crippen LogP contribution in [0.2, 0.25) is 0 Å². The average Bonchev–Trinajstić information content (AvgIpc) is 3.03. The summed E-state index contributed by atoms with van der Waals surface area (Å²) in [7, 11) is -3.52. The number of benzene rings is 1. The molecule has 2 N–H and O–H groups in total. The van der Waals surface area contributed by atoms with Crippen molar-refractivity contribution in [1.82, 2.24) is 14.5 Å². The van der Waals surface area contributed by atoms with Crippen LogP contribution in [0.25, 0.3) is 10.9 Å². The number of aromatic nitrogens is 2. The van der Waals surface area contributed by atoms with Gasteiger partial charge in [-0.1, -0.05) is 12.1 Å². The van der Waals surface area contributed by atoms with Crippen molar-refractivity contribution >= 4 is 26.8 Å². The van der Waals surface area contributed by atoms with Crippen molar-refractivity contribution < 1.29 is 13.2 Å². The van der Waals surface area contributed by atoms with Crippen molar-refractivity contribution in [2.75, 3.05) is 18.8 Å². The fraction of sp³-hybridized carbons (Fsp3) is 0.471. The summed E-state index contributed by atoms with van der Waals surface area (Å²) < 4.78 is 23.8. The average molecular weight is 378 g/mol.